The number of para-hydroxylation sites is 1. The van der Waals surface area contributed by atoms with Crippen molar-refractivity contribution in [1.82, 2.24) is 15.5 Å². The number of carbonyl (C=O) groups is 2. The minimum absolute atomic E-state index is 0.135. The van der Waals surface area contributed by atoms with Gasteiger partial charge in [-0.2, -0.15) is 0 Å². The van der Waals surface area contributed by atoms with Gasteiger partial charge in [-0.05, 0) is 12.1 Å². The molecule has 9 heteroatoms. The first-order chi connectivity index (χ1) is 13.0. The number of anilines is 1. The van der Waals surface area contributed by atoms with Crippen molar-refractivity contribution in [3.63, 3.8) is 0 Å². The Hall–Kier alpha value is -2.55. The summed E-state index contributed by atoms with van der Waals surface area (Å²) in [5.74, 6) is -0.870. The Morgan fingerprint density at radius 2 is 2.19 bits per heavy atom. The largest absolute Gasteiger partial charge is 0.489 e. The average molecular weight is 392 g/mol. The molecule has 7 nitrogen and oxygen atoms in total. The summed E-state index contributed by atoms with van der Waals surface area (Å²) in [6.45, 7) is 4.68. The molecule has 0 aliphatic carbocycles. The van der Waals surface area contributed by atoms with Crippen LogP contribution in [0.5, 0.6) is 5.75 Å². The van der Waals surface area contributed by atoms with Gasteiger partial charge in [0.25, 0.3) is 0 Å². The summed E-state index contributed by atoms with van der Waals surface area (Å²) in [5.41, 5.74) is 0. The first kappa shape index (κ1) is 19.2. The summed E-state index contributed by atoms with van der Waals surface area (Å²) in [7, 11) is 0. The van der Waals surface area contributed by atoms with E-state index in [9.17, 15) is 14.0 Å². The smallest absolute Gasteiger partial charge is 0.229 e. The molecule has 1 fully saturated rings. The highest BCUT2D eigenvalue weighted by Crippen LogP contribution is 2.30. The summed E-state index contributed by atoms with van der Waals surface area (Å²) in [5, 5.41) is 12.3. The minimum atomic E-state index is -0.447. The van der Waals surface area contributed by atoms with Crippen LogP contribution < -0.4 is 15.0 Å². The van der Waals surface area contributed by atoms with Gasteiger partial charge in [0, 0.05) is 18.9 Å². The fourth-order valence-corrected chi connectivity index (χ4v) is 3.55. The highest BCUT2D eigenvalue weighted by atomic mass is 32.1. The molecule has 2 amide bonds. The monoisotopic (exact) mass is 392 g/mol. The van der Waals surface area contributed by atoms with Gasteiger partial charge in [-0.3, -0.25) is 14.5 Å². The van der Waals surface area contributed by atoms with Crippen molar-refractivity contribution >= 4 is 28.3 Å². The summed E-state index contributed by atoms with van der Waals surface area (Å²) in [4.78, 5) is 26.1. The first-order valence-corrected chi connectivity index (χ1v) is 9.56. The third-order valence-electron chi connectivity index (χ3n) is 4.15. The summed E-state index contributed by atoms with van der Waals surface area (Å²) in [6, 6.07) is 6.09. The SMILES string of the molecule is CC(C)c1nnc(N2CC(C(=O)NCCOc3ccccc3F)CC2=O)s1. The van der Waals surface area contributed by atoms with Crippen LogP contribution in [0.1, 0.15) is 31.2 Å². The van der Waals surface area contributed by atoms with Crippen LogP contribution in [0.2, 0.25) is 0 Å². The third kappa shape index (κ3) is 4.60. The second-order valence-electron chi connectivity index (χ2n) is 6.55. The molecule has 1 aromatic carbocycles. The molecule has 1 unspecified atom stereocenters. The molecule has 1 aliphatic heterocycles. The van der Waals surface area contributed by atoms with Crippen LogP contribution in [0.25, 0.3) is 0 Å². The standard InChI is InChI=1S/C18H21FN4O3S/c1-11(2)17-21-22-18(27-17)23-10-12(9-15(23)24)16(25)20-7-8-26-14-6-4-3-5-13(14)19/h3-6,11-12H,7-10H2,1-2H3,(H,20,25). The highest BCUT2D eigenvalue weighted by molar-refractivity contribution is 7.15. The zero-order valence-corrected chi connectivity index (χ0v) is 16.0. The Morgan fingerprint density at radius 3 is 2.89 bits per heavy atom. The Bertz CT molecular complexity index is 826. The molecule has 0 spiro atoms. The lowest BCUT2D eigenvalue weighted by Crippen LogP contribution is -2.35. The fourth-order valence-electron chi connectivity index (χ4n) is 2.68. The second kappa shape index (κ2) is 8.43. The number of benzene rings is 1. The molecule has 1 N–H and O–H groups in total. The van der Waals surface area contributed by atoms with Gasteiger partial charge >= 0.3 is 0 Å². The maximum absolute atomic E-state index is 13.5. The van der Waals surface area contributed by atoms with Gasteiger partial charge < -0.3 is 10.1 Å². The molecule has 2 aromatic rings. The molecule has 0 radical (unpaired) electrons. The second-order valence-corrected chi connectivity index (χ2v) is 7.54. The number of hydrogen-bond acceptors (Lipinski definition) is 6. The number of aromatic nitrogens is 2. The van der Waals surface area contributed by atoms with E-state index in [-0.39, 0.29) is 49.6 Å². The number of halogens is 1. The number of hydrogen-bond donors (Lipinski definition) is 1. The predicted octanol–water partition coefficient (Wildman–Crippen LogP) is 2.35. The zero-order valence-electron chi connectivity index (χ0n) is 15.1. The number of nitrogens with one attached hydrogen (secondary N) is 1. The zero-order chi connectivity index (χ0) is 19.4. The first-order valence-electron chi connectivity index (χ1n) is 8.74. The quantitative estimate of drug-likeness (QED) is 0.731. The lowest BCUT2D eigenvalue weighted by atomic mass is 10.1. The minimum Gasteiger partial charge on any atom is -0.489 e. The molecule has 1 saturated heterocycles. The van der Waals surface area contributed by atoms with E-state index in [4.69, 9.17) is 4.74 Å². The molecule has 1 aromatic heterocycles. The number of amides is 2. The van der Waals surface area contributed by atoms with Crippen LogP contribution in [0.4, 0.5) is 9.52 Å². The van der Waals surface area contributed by atoms with E-state index in [1.54, 1.807) is 12.1 Å². The average Bonchev–Trinajstić information content (AvgIpc) is 3.26. The van der Waals surface area contributed by atoms with E-state index in [0.717, 1.165) is 5.01 Å². The molecule has 144 valence electrons. The van der Waals surface area contributed by atoms with E-state index < -0.39 is 11.7 Å². The number of nitrogens with zero attached hydrogens (tertiary/aromatic N) is 3. The molecule has 2 heterocycles. The van der Waals surface area contributed by atoms with Gasteiger partial charge in [0.05, 0.1) is 12.5 Å². The molecule has 0 bridgehead atoms. The maximum Gasteiger partial charge on any atom is 0.229 e. The van der Waals surface area contributed by atoms with Gasteiger partial charge in [-0.25, -0.2) is 4.39 Å². The van der Waals surface area contributed by atoms with Crippen molar-refractivity contribution in [2.24, 2.45) is 5.92 Å². The normalized spacial score (nSPS) is 16.8. The van der Waals surface area contributed by atoms with Crippen molar-refractivity contribution in [3.05, 3.63) is 35.1 Å². The topological polar surface area (TPSA) is 84.4 Å². The van der Waals surface area contributed by atoms with E-state index >= 15 is 0 Å². The molecular weight excluding hydrogens is 371 g/mol. The van der Waals surface area contributed by atoms with Crippen molar-refractivity contribution < 1.29 is 18.7 Å². The molecular formula is C18H21FN4O3S. The van der Waals surface area contributed by atoms with Crippen molar-refractivity contribution in [2.75, 3.05) is 24.6 Å². The van der Waals surface area contributed by atoms with Crippen molar-refractivity contribution in [3.8, 4) is 5.75 Å². The van der Waals surface area contributed by atoms with Gasteiger partial charge in [-0.1, -0.05) is 37.3 Å². The summed E-state index contributed by atoms with van der Waals surface area (Å²) < 4.78 is 18.8. The third-order valence-corrected chi connectivity index (χ3v) is 5.39. The maximum atomic E-state index is 13.5. The molecule has 1 aliphatic rings. The fraction of sp³-hybridized carbons (Fsp3) is 0.444. The van der Waals surface area contributed by atoms with E-state index in [1.807, 2.05) is 13.8 Å². The molecule has 27 heavy (non-hydrogen) atoms. The highest BCUT2D eigenvalue weighted by Gasteiger charge is 2.36. The van der Waals surface area contributed by atoms with Crippen LogP contribution in [-0.4, -0.2) is 41.7 Å². The van der Waals surface area contributed by atoms with Gasteiger partial charge in [-0.15, -0.1) is 10.2 Å². The van der Waals surface area contributed by atoms with E-state index in [1.165, 1.54) is 28.4 Å². The van der Waals surface area contributed by atoms with Crippen LogP contribution in [0, 0.1) is 11.7 Å². The molecule has 1 atom stereocenters. The summed E-state index contributed by atoms with van der Waals surface area (Å²) >= 11 is 1.37. The predicted molar refractivity (Wildman–Crippen MR) is 99.4 cm³/mol. The molecule has 0 saturated carbocycles. The number of ether oxygens (including phenoxy) is 1. The lowest BCUT2D eigenvalue weighted by molar-refractivity contribution is -0.126. The Kier molecular flexibility index (Phi) is 6.00. The number of rotatable bonds is 7. The van der Waals surface area contributed by atoms with Crippen molar-refractivity contribution in [1.29, 1.82) is 0 Å². The van der Waals surface area contributed by atoms with Crippen LogP contribution in [0.3, 0.4) is 0 Å². The van der Waals surface area contributed by atoms with Gasteiger partial charge in [0.1, 0.15) is 11.6 Å². The van der Waals surface area contributed by atoms with Crippen LogP contribution >= 0.6 is 11.3 Å². The lowest BCUT2D eigenvalue weighted by Gasteiger charge is -2.13. The van der Waals surface area contributed by atoms with E-state index in [2.05, 4.69) is 15.5 Å². The van der Waals surface area contributed by atoms with Crippen LogP contribution in [-0.2, 0) is 9.59 Å². The van der Waals surface area contributed by atoms with Gasteiger partial charge in [0.2, 0.25) is 16.9 Å². The van der Waals surface area contributed by atoms with Gasteiger partial charge in [0.15, 0.2) is 11.6 Å². The summed E-state index contributed by atoms with van der Waals surface area (Å²) in [6.07, 6.45) is 0.136. The Morgan fingerprint density at radius 1 is 1.41 bits per heavy atom. The number of carbonyl (C=O) groups excluding carboxylic acids is 2. The molecule has 3 rings (SSSR count). The Labute approximate surface area is 160 Å². The van der Waals surface area contributed by atoms with Crippen molar-refractivity contribution in [2.45, 2.75) is 26.2 Å². The van der Waals surface area contributed by atoms with Crippen LogP contribution in [0.15, 0.2) is 24.3 Å². The van der Waals surface area contributed by atoms with E-state index in [0.29, 0.717) is 5.13 Å². The Balaban J connectivity index is 1.48.